The zero-order valence-corrected chi connectivity index (χ0v) is 12.0. The van der Waals surface area contributed by atoms with E-state index in [0.717, 1.165) is 47.5 Å². The Hall–Kier alpha value is -1.81. The first-order valence-corrected chi connectivity index (χ1v) is 7.14. The van der Waals surface area contributed by atoms with Crippen molar-refractivity contribution in [1.82, 2.24) is 4.98 Å². The van der Waals surface area contributed by atoms with E-state index in [4.69, 9.17) is 10.5 Å². The Labute approximate surface area is 119 Å². The molecule has 2 unspecified atom stereocenters. The van der Waals surface area contributed by atoms with Crippen molar-refractivity contribution in [2.24, 2.45) is 5.92 Å². The van der Waals surface area contributed by atoms with E-state index in [-0.39, 0.29) is 0 Å². The molecule has 0 spiro atoms. The number of ether oxygens (including phenoxy) is 1. The smallest absolute Gasteiger partial charge is 0.0514 e. The highest BCUT2D eigenvalue weighted by Gasteiger charge is 2.22. The van der Waals surface area contributed by atoms with Crippen LogP contribution in [0.5, 0.6) is 0 Å². The predicted octanol–water partition coefficient (Wildman–Crippen LogP) is 2.96. The normalized spacial score (nSPS) is 20.2. The summed E-state index contributed by atoms with van der Waals surface area (Å²) in [7, 11) is 0. The van der Waals surface area contributed by atoms with Gasteiger partial charge in [-0.05, 0) is 38.5 Å². The summed E-state index contributed by atoms with van der Waals surface area (Å²) >= 11 is 0. The molecule has 1 aromatic heterocycles. The van der Waals surface area contributed by atoms with Gasteiger partial charge in [-0.25, -0.2) is 0 Å². The van der Waals surface area contributed by atoms with E-state index in [9.17, 15) is 0 Å². The minimum Gasteiger partial charge on any atom is -0.398 e. The quantitative estimate of drug-likeness (QED) is 0.843. The molecular weight excluding hydrogens is 250 g/mol. The molecule has 2 aromatic rings. The van der Waals surface area contributed by atoms with Gasteiger partial charge in [-0.15, -0.1) is 0 Å². The number of nitrogens with two attached hydrogens (primary N) is 1. The lowest BCUT2D eigenvalue weighted by atomic mass is 9.99. The SMILES string of the molecule is Cc1cc2c(NC(C)C3CCOC3)ccc(N)c2cn1. The molecule has 0 amide bonds. The van der Waals surface area contributed by atoms with Crippen LogP contribution in [0.25, 0.3) is 10.8 Å². The van der Waals surface area contributed by atoms with Crippen LogP contribution in [0.15, 0.2) is 24.4 Å². The van der Waals surface area contributed by atoms with Crippen molar-refractivity contribution in [2.45, 2.75) is 26.3 Å². The first-order chi connectivity index (χ1) is 9.65. The molecule has 0 aliphatic carbocycles. The molecule has 1 aromatic carbocycles. The highest BCUT2D eigenvalue weighted by atomic mass is 16.5. The minimum atomic E-state index is 0.387. The lowest BCUT2D eigenvalue weighted by molar-refractivity contribution is 0.183. The van der Waals surface area contributed by atoms with Gasteiger partial charge >= 0.3 is 0 Å². The molecule has 0 radical (unpaired) electrons. The van der Waals surface area contributed by atoms with Crippen molar-refractivity contribution >= 4 is 22.1 Å². The van der Waals surface area contributed by atoms with Crippen LogP contribution in [-0.4, -0.2) is 24.2 Å². The molecule has 106 valence electrons. The van der Waals surface area contributed by atoms with E-state index in [1.54, 1.807) is 0 Å². The monoisotopic (exact) mass is 271 g/mol. The number of nitrogens with one attached hydrogen (secondary N) is 1. The number of aromatic nitrogens is 1. The number of aryl methyl sites for hydroxylation is 1. The molecule has 1 saturated heterocycles. The number of fused-ring (bicyclic) bond motifs is 1. The lowest BCUT2D eigenvalue weighted by Gasteiger charge is -2.22. The van der Waals surface area contributed by atoms with Crippen molar-refractivity contribution in [1.29, 1.82) is 0 Å². The van der Waals surface area contributed by atoms with Crippen LogP contribution in [0.1, 0.15) is 19.0 Å². The van der Waals surface area contributed by atoms with Gasteiger partial charge in [0.05, 0.1) is 6.61 Å². The van der Waals surface area contributed by atoms with Gasteiger partial charge in [-0.3, -0.25) is 4.98 Å². The molecule has 3 N–H and O–H groups in total. The van der Waals surface area contributed by atoms with E-state index in [1.807, 2.05) is 19.2 Å². The third-order valence-corrected chi connectivity index (χ3v) is 4.13. The zero-order chi connectivity index (χ0) is 14.1. The van der Waals surface area contributed by atoms with Gasteiger partial charge in [0, 0.05) is 52.6 Å². The number of nitrogens with zero attached hydrogens (tertiary/aromatic N) is 1. The molecule has 1 aliphatic heterocycles. The number of anilines is 2. The van der Waals surface area contributed by atoms with Crippen molar-refractivity contribution in [3.63, 3.8) is 0 Å². The van der Waals surface area contributed by atoms with Crippen molar-refractivity contribution < 1.29 is 4.74 Å². The van der Waals surface area contributed by atoms with E-state index in [1.165, 1.54) is 0 Å². The Morgan fingerprint density at radius 1 is 1.40 bits per heavy atom. The molecule has 20 heavy (non-hydrogen) atoms. The van der Waals surface area contributed by atoms with E-state index in [2.05, 4.69) is 29.4 Å². The number of nitrogen functional groups attached to an aromatic ring is 1. The Morgan fingerprint density at radius 2 is 2.25 bits per heavy atom. The fraction of sp³-hybridized carbons (Fsp3) is 0.438. The summed E-state index contributed by atoms with van der Waals surface area (Å²) in [4.78, 5) is 4.34. The largest absolute Gasteiger partial charge is 0.398 e. The molecule has 4 heteroatoms. The summed E-state index contributed by atoms with van der Waals surface area (Å²) in [6, 6.07) is 6.48. The van der Waals surface area contributed by atoms with Gasteiger partial charge < -0.3 is 15.8 Å². The van der Waals surface area contributed by atoms with Crippen molar-refractivity contribution in [2.75, 3.05) is 24.3 Å². The van der Waals surface area contributed by atoms with Gasteiger partial charge in [0.2, 0.25) is 0 Å². The highest BCUT2D eigenvalue weighted by molar-refractivity contribution is 6.00. The van der Waals surface area contributed by atoms with E-state index in [0.29, 0.717) is 12.0 Å². The number of benzene rings is 1. The van der Waals surface area contributed by atoms with Crippen LogP contribution >= 0.6 is 0 Å². The third kappa shape index (κ3) is 2.43. The van der Waals surface area contributed by atoms with Gasteiger partial charge in [0.15, 0.2) is 0 Å². The minimum absolute atomic E-state index is 0.387. The summed E-state index contributed by atoms with van der Waals surface area (Å²) in [6.45, 7) is 5.94. The van der Waals surface area contributed by atoms with E-state index < -0.39 is 0 Å². The highest BCUT2D eigenvalue weighted by Crippen LogP contribution is 2.30. The summed E-state index contributed by atoms with van der Waals surface area (Å²) < 4.78 is 5.47. The average molecular weight is 271 g/mol. The Morgan fingerprint density at radius 3 is 3.00 bits per heavy atom. The van der Waals surface area contributed by atoms with Crippen LogP contribution in [0.3, 0.4) is 0 Å². The van der Waals surface area contributed by atoms with Gasteiger partial charge in [0.1, 0.15) is 0 Å². The molecule has 2 atom stereocenters. The molecule has 1 fully saturated rings. The molecule has 2 heterocycles. The summed E-state index contributed by atoms with van der Waals surface area (Å²) in [6.07, 6.45) is 2.98. The lowest BCUT2D eigenvalue weighted by Crippen LogP contribution is -2.26. The average Bonchev–Trinajstić information content (AvgIpc) is 2.96. The number of hydrogen-bond acceptors (Lipinski definition) is 4. The van der Waals surface area contributed by atoms with Crippen molar-refractivity contribution in [3.05, 3.63) is 30.1 Å². The molecule has 4 nitrogen and oxygen atoms in total. The summed E-state index contributed by atoms with van der Waals surface area (Å²) in [5.74, 6) is 0.575. The molecule has 0 bridgehead atoms. The maximum absolute atomic E-state index is 6.04. The first-order valence-electron chi connectivity index (χ1n) is 7.14. The second-order valence-corrected chi connectivity index (χ2v) is 5.63. The molecule has 1 aliphatic rings. The molecule has 3 rings (SSSR count). The Bertz CT molecular complexity index is 620. The summed E-state index contributed by atoms with van der Waals surface area (Å²) in [5.41, 5.74) is 8.94. The fourth-order valence-electron chi connectivity index (χ4n) is 2.80. The molecule has 0 saturated carbocycles. The predicted molar refractivity (Wildman–Crippen MR) is 82.9 cm³/mol. The zero-order valence-electron chi connectivity index (χ0n) is 12.0. The van der Waals surface area contributed by atoms with Crippen molar-refractivity contribution in [3.8, 4) is 0 Å². The van der Waals surface area contributed by atoms with Crippen LogP contribution < -0.4 is 11.1 Å². The van der Waals surface area contributed by atoms with Crippen LogP contribution in [-0.2, 0) is 4.74 Å². The maximum atomic E-state index is 6.04. The maximum Gasteiger partial charge on any atom is 0.0514 e. The van der Waals surface area contributed by atoms with Crippen LogP contribution in [0, 0.1) is 12.8 Å². The van der Waals surface area contributed by atoms with Crippen LogP contribution in [0.4, 0.5) is 11.4 Å². The first kappa shape index (κ1) is 13.2. The molecular formula is C16H21N3O. The number of pyridine rings is 1. The standard InChI is InChI=1S/C16H21N3O/c1-10-7-13-14(8-18-10)15(17)3-4-16(13)19-11(2)12-5-6-20-9-12/h3-4,7-8,11-12,19H,5-6,9,17H2,1-2H3. The Kier molecular flexibility index (Phi) is 3.49. The van der Waals surface area contributed by atoms with Gasteiger partial charge in [-0.2, -0.15) is 0 Å². The van der Waals surface area contributed by atoms with Gasteiger partial charge in [0.25, 0.3) is 0 Å². The second kappa shape index (κ2) is 5.29. The van der Waals surface area contributed by atoms with Crippen LogP contribution in [0.2, 0.25) is 0 Å². The number of rotatable bonds is 3. The van der Waals surface area contributed by atoms with E-state index >= 15 is 0 Å². The topological polar surface area (TPSA) is 60.2 Å². The third-order valence-electron chi connectivity index (χ3n) is 4.13. The number of hydrogen-bond donors (Lipinski definition) is 2. The second-order valence-electron chi connectivity index (χ2n) is 5.63. The fourth-order valence-corrected chi connectivity index (χ4v) is 2.80. The summed E-state index contributed by atoms with van der Waals surface area (Å²) in [5, 5.41) is 5.77. The van der Waals surface area contributed by atoms with Gasteiger partial charge in [-0.1, -0.05) is 0 Å². The Balaban J connectivity index is 1.94.